The van der Waals surface area contributed by atoms with Gasteiger partial charge >= 0.3 is 0 Å². The molecule has 0 saturated heterocycles. The zero-order valence-corrected chi connectivity index (χ0v) is 8.94. The summed E-state index contributed by atoms with van der Waals surface area (Å²) in [5.74, 6) is 0. The van der Waals surface area contributed by atoms with Gasteiger partial charge < -0.3 is 10.2 Å². The Kier molecular flexibility index (Phi) is 2.82. The number of anilines is 1. The van der Waals surface area contributed by atoms with Crippen LogP contribution < -0.4 is 5.73 Å². The molecule has 0 radical (unpaired) electrons. The molecule has 0 fully saturated rings. The molecule has 1 heterocycles. The van der Waals surface area contributed by atoms with Crippen LogP contribution >= 0.6 is 11.8 Å². The largest absolute Gasteiger partial charge is 0.458 e. The van der Waals surface area contributed by atoms with Crippen molar-refractivity contribution in [3.8, 4) is 0 Å². The van der Waals surface area contributed by atoms with Crippen molar-refractivity contribution in [2.24, 2.45) is 0 Å². The predicted octanol–water partition coefficient (Wildman–Crippen LogP) is 2.92. The van der Waals surface area contributed by atoms with Gasteiger partial charge in [0, 0.05) is 11.0 Å². The van der Waals surface area contributed by atoms with E-state index in [4.69, 9.17) is 10.2 Å². The van der Waals surface area contributed by atoms with Crippen LogP contribution in [0.2, 0.25) is 0 Å². The maximum absolute atomic E-state index is 10.6. The molecule has 2 rings (SSSR count). The third-order valence-corrected chi connectivity index (χ3v) is 2.83. The fraction of sp³-hybridized carbons (Fsp3) is 0. The van der Waals surface area contributed by atoms with E-state index in [1.807, 2.05) is 6.07 Å². The summed E-state index contributed by atoms with van der Waals surface area (Å²) in [4.78, 5) is 10.9. The van der Waals surface area contributed by atoms with E-state index in [1.54, 1.807) is 24.5 Å². The van der Waals surface area contributed by atoms with Crippen molar-refractivity contribution in [1.82, 2.24) is 0 Å². The predicted molar refractivity (Wildman–Crippen MR) is 60.3 cm³/mol. The van der Waals surface area contributed by atoms with Gasteiger partial charge in [-0.15, -0.1) is 0 Å². The summed E-state index contributed by atoms with van der Waals surface area (Å²) in [6, 6.07) is 8.17. The quantitative estimate of drug-likeness (QED) is 0.503. The van der Waals surface area contributed by atoms with Crippen molar-refractivity contribution in [2.75, 3.05) is 5.73 Å². The van der Waals surface area contributed by atoms with Crippen molar-refractivity contribution in [2.45, 2.75) is 9.99 Å². The Morgan fingerprint density at radius 2 is 2.19 bits per heavy atom. The van der Waals surface area contributed by atoms with Crippen LogP contribution in [-0.2, 0) is 0 Å². The minimum atomic E-state index is -0.503. The van der Waals surface area contributed by atoms with Gasteiger partial charge in [-0.3, -0.25) is 10.1 Å². The third-order valence-electron chi connectivity index (χ3n) is 1.91. The Balaban J connectivity index is 2.24. The number of hydrogen-bond donors (Lipinski definition) is 1. The first kappa shape index (κ1) is 10.6. The van der Waals surface area contributed by atoms with Gasteiger partial charge in [-0.25, -0.2) is 0 Å². The molecule has 0 bridgehead atoms. The Morgan fingerprint density at radius 1 is 1.38 bits per heavy atom. The van der Waals surface area contributed by atoms with E-state index in [0.717, 1.165) is 4.90 Å². The first-order chi connectivity index (χ1) is 7.66. The molecule has 0 saturated carbocycles. The number of nitrogens with two attached hydrogens (primary N) is 1. The van der Waals surface area contributed by atoms with Crippen LogP contribution in [0.1, 0.15) is 0 Å². The Morgan fingerprint density at radius 3 is 2.75 bits per heavy atom. The Bertz CT molecular complexity index is 511. The molecule has 0 aliphatic rings. The smallest absolute Gasteiger partial charge is 0.292 e. The fourth-order valence-electron chi connectivity index (χ4n) is 1.20. The minimum Gasteiger partial charge on any atom is -0.458 e. The van der Waals surface area contributed by atoms with Crippen LogP contribution in [0.3, 0.4) is 0 Å². The summed E-state index contributed by atoms with van der Waals surface area (Å²) in [6.45, 7) is 0. The molecule has 0 aliphatic heterocycles. The van der Waals surface area contributed by atoms with E-state index in [2.05, 4.69) is 0 Å². The zero-order chi connectivity index (χ0) is 11.5. The number of hydrogen-bond acceptors (Lipinski definition) is 5. The lowest BCUT2D eigenvalue weighted by molar-refractivity contribution is -0.383. The molecular formula is C10H8N2O3S. The van der Waals surface area contributed by atoms with Crippen LogP contribution in [0.15, 0.2) is 51.0 Å². The molecule has 82 valence electrons. The SMILES string of the molecule is Nc1cc(Sc2ccco2)ccc1[N+](=O)[O-]. The second kappa shape index (κ2) is 4.28. The molecular weight excluding hydrogens is 228 g/mol. The molecule has 2 aromatic rings. The molecule has 2 N–H and O–H groups in total. The normalized spacial score (nSPS) is 10.2. The van der Waals surface area contributed by atoms with Gasteiger partial charge in [0.2, 0.25) is 0 Å². The van der Waals surface area contributed by atoms with E-state index in [1.165, 1.54) is 17.8 Å². The van der Waals surface area contributed by atoms with Crippen LogP contribution in [-0.4, -0.2) is 4.92 Å². The number of nitro benzene ring substituents is 1. The van der Waals surface area contributed by atoms with Gasteiger partial charge in [-0.1, -0.05) is 11.8 Å². The van der Waals surface area contributed by atoms with Crippen molar-refractivity contribution >= 4 is 23.1 Å². The van der Waals surface area contributed by atoms with Crippen molar-refractivity contribution < 1.29 is 9.34 Å². The van der Waals surface area contributed by atoms with Crippen LogP contribution in [0.4, 0.5) is 11.4 Å². The standard InChI is InChI=1S/C10H8N2O3S/c11-8-6-7(3-4-9(8)12(13)14)16-10-2-1-5-15-10/h1-6H,11H2. The average molecular weight is 236 g/mol. The number of nitro groups is 1. The zero-order valence-electron chi connectivity index (χ0n) is 8.12. The van der Waals surface area contributed by atoms with Crippen LogP contribution in [0.5, 0.6) is 0 Å². The highest BCUT2D eigenvalue weighted by Gasteiger charge is 2.11. The van der Waals surface area contributed by atoms with Gasteiger partial charge in [0.05, 0.1) is 11.2 Å². The summed E-state index contributed by atoms with van der Waals surface area (Å²) in [5, 5.41) is 11.3. The first-order valence-corrected chi connectivity index (χ1v) is 5.24. The minimum absolute atomic E-state index is 0.0798. The highest BCUT2D eigenvalue weighted by atomic mass is 32.2. The molecule has 1 aromatic heterocycles. The Labute approximate surface area is 95.4 Å². The fourth-order valence-corrected chi connectivity index (χ4v) is 2.00. The van der Waals surface area contributed by atoms with E-state index in [9.17, 15) is 10.1 Å². The second-order valence-corrected chi connectivity index (χ2v) is 4.09. The summed E-state index contributed by atoms with van der Waals surface area (Å²) in [6.07, 6.45) is 1.57. The van der Waals surface area contributed by atoms with Crippen molar-refractivity contribution in [3.63, 3.8) is 0 Å². The van der Waals surface area contributed by atoms with Crippen molar-refractivity contribution in [1.29, 1.82) is 0 Å². The third kappa shape index (κ3) is 2.17. The summed E-state index contributed by atoms with van der Waals surface area (Å²) >= 11 is 1.36. The van der Waals surface area contributed by atoms with E-state index in [0.29, 0.717) is 5.09 Å². The number of nitrogen functional groups attached to an aromatic ring is 1. The van der Waals surface area contributed by atoms with Crippen LogP contribution in [0, 0.1) is 10.1 Å². The summed E-state index contributed by atoms with van der Waals surface area (Å²) < 4.78 is 5.14. The average Bonchev–Trinajstić information content (AvgIpc) is 2.70. The van der Waals surface area contributed by atoms with E-state index >= 15 is 0 Å². The maximum atomic E-state index is 10.6. The molecule has 0 atom stereocenters. The lowest BCUT2D eigenvalue weighted by Crippen LogP contribution is -1.95. The molecule has 1 aromatic carbocycles. The Hall–Kier alpha value is -1.95. The summed E-state index contributed by atoms with van der Waals surface area (Å²) in [7, 11) is 0. The van der Waals surface area contributed by atoms with Gasteiger partial charge in [0.1, 0.15) is 5.69 Å². The van der Waals surface area contributed by atoms with Crippen molar-refractivity contribution in [3.05, 3.63) is 46.7 Å². The highest BCUT2D eigenvalue weighted by Crippen LogP contribution is 2.32. The molecule has 0 spiro atoms. The molecule has 5 nitrogen and oxygen atoms in total. The lowest BCUT2D eigenvalue weighted by Gasteiger charge is -2.00. The number of rotatable bonds is 3. The van der Waals surface area contributed by atoms with E-state index < -0.39 is 4.92 Å². The van der Waals surface area contributed by atoms with Gasteiger partial charge in [-0.05, 0) is 24.3 Å². The van der Waals surface area contributed by atoms with Crippen LogP contribution in [0.25, 0.3) is 0 Å². The first-order valence-electron chi connectivity index (χ1n) is 4.42. The molecule has 16 heavy (non-hydrogen) atoms. The monoisotopic (exact) mass is 236 g/mol. The second-order valence-electron chi connectivity index (χ2n) is 3.01. The molecule has 0 aliphatic carbocycles. The maximum Gasteiger partial charge on any atom is 0.292 e. The van der Waals surface area contributed by atoms with Gasteiger partial charge in [-0.2, -0.15) is 0 Å². The topological polar surface area (TPSA) is 82.3 Å². The van der Waals surface area contributed by atoms with Gasteiger partial charge in [0.25, 0.3) is 5.69 Å². The lowest BCUT2D eigenvalue weighted by atomic mass is 10.3. The molecule has 0 unspecified atom stereocenters. The number of furan rings is 1. The molecule has 0 amide bonds. The summed E-state index contributed by atoms with van der Waals surface area (Å²) in [5.41, 5.74) is 5.64. The van der Waals surface area contributed by atoms with E-state index in [-0.39, 0.29) is 11.4 Å². The number of benzene rings is 1. The molecule has 6 heteroatoms. The van der Waals surface area contributed by atoms with Gasteiger partial charge in [0.15, 0.2) is 5.09 Å². The number of nitrogens with zero attached hydrogens (tertiary/aromatic N) is 1. The highest BCUT2D eigenvalue weighted by molar-refractivity contribution is 7.99.